The van der Waals surface area contributed by atoms with Gasteiger partial charge in [-0.3, -0.25) is 0 Å². The molecule has 0 aliphatic carbocycles. The Morgan fingerprint density at radius 2 is 2.00 bits per heavy atom. The van der Waals surface area contributed by atoms with Crippen LogP contribution in [0.25, 0.3) is 11.5 Å². The molecule has 0 aromatic carbocycles. The first kappa shape index (κ1) is 9.64. The van der Waals surface area contributed by atoms with Gasteiger partial charge in [0.2, 0.25) is 0 Å². The molecule has 2 rings (SSSR count). The number of hydrogen-bond donors (Lipinski definition) is 1. The van der Waals surface area contributed by atoms with Crippen LogP contribution >= 0.6 is 0 Å². The Kier molecular flexibility index (Phi) is 2.62. The molecule has 0 spiro atoms. The van der Waals surface area contributed by atoms with Gasteiger partial charge in [-0.1, -0.05) is 0 Å². The maximum Gasteiger partial charge on any atom is 0.162 e. The molecule has 15 heavy (non-hydrogen) atoms. The van der Waals surface area contributed by atoms with Crippen LogP contribution in [0.15, 0.2) is 24.8 Å². The van der Waals surface area contributed by atoms with Gasteiger partial charge in [0.25, 0.3) is 0 Å². The summed E-state index contributed by atoms with van der Waals surface area (Å²) in [4.78, 5) is 12.8. The first-order chi connectivity index (χ1) is 7.36. The highest BCUT2D eigenvalue weighted by molar-refractivity contribution is 5.65. The number of anilines is 1. The quantitative estimate of drug-likeness (QED) is 0.819. The van der Waals surface area contributed by atoms with Gasteiger partial charge in [0.05, 0.1) is 0 Å². The lowest BCUT2D eigenvalue weighted by molar-refractivity contribution is 0.767. The van der Waals surface area contributed by atoms with Gasteiger partial charge in [-0.25, -0.2) is 15.0 Å². The summed E-state index contributed by atoms with van der Waals surface area (Å²) in [7, 11) is 1.83. The smallest absolute Gasteiger partial charge is 0.162 e. The van der Waals surface area contributed by atoms with Crippen molar-refractivity contribution in [1.82, 2.24) is 19.5 Å². The van der Waals surface area contributed by atoms with Gasteiger partial charge in [0.1, 0.15) is 5.69 Å². The minimum absolute atomic E-state index is 0.749. The average molecular weight is 203 g/mol. The molecule has 5 nitrogen and oxygen atoms in total. The summed E-state index contributed by atoms with van der Waals surface area (Å²) in [6.07, 6.45) is 7.04. The molecule has 0 bridgehead atoms. The summed E-state index contributed by atoms with van der Waals surface area (Å²) >= 11 is 0. The number of nitrogens with one attached hydrogen (secondary N) is 1. The number of imidazole rings is 1. The fraction of sp³-hybridized carbons (Fsp3) is 0.300. The highest BCUT2D eigenvalue weighted by Crippen LogP contribution is 2.20. The third kappa shape index (κ3) is 1.68. The fourth-order valence-electron chi connectivity index (χ4n) is 1.47. The van der Waals surface area contributed by atoms with E-state index in [0.29, 0.717) is 0 Å². The van der Waals surface area contributed by atoms with Crippen molar-refractivity contribution in [1.29, 1.82) is 0 Å². The Labute approximate surface area is 88.2 Å². The normalized spacial score (nSPS) is 10.3. The van der Waals surface area contributed by atoms with Gasteiger partial charge in [0, 0.05) is 38.4 Å². The SMILES string of the molecule is CCn1ccnc1-c1nccnc1NC. The van der Waals surface area contributed by atoms with Gasteiger partial charge in [-0.15, -0.1) is 0 Å². The molecule has 0 saturated heterocycles. The van der Waals surface area contributed by atoms with E-state index in [-0.39, 0.29) is 0 Å². The van der Waals surface area contributed by atoms with E-state index in [9.17, 15) is 0 Å². The standard InChI is InChI=1S/C10H13N5/c1-3-15-7-6-14-10(15)8-9(11-2)13-5-4-12-8/h4-7H,3H2,1-2H3,(H,11,13). The van der Waals surface area contributed by atoms with E-state index in [1.807, 2.05) is 17.8 Å². The Morgan fingerprint density at radius 3 is 2.73 bits per heavy atom. The second-order valence-electron chi connectivity index (χ2n) is 3.04. The largest absolute Gasteiger partial charge is 0.371 e. The van der Waals surface area contributed by atoms with Crippen LogP contribution in [0.3, 0.4) is 0 Å². The van der Waals surface area contributed by atoms with Gasteiger partial charge < -0.3 is 9.88 Å². The molecule has 0 aliphatic heterocycles. The summed E-state index contributed by atoms with van der Waals surface area (Å²) in [6, 6.07) is 0. The van der Waals surface area contributed by atoms with Crippen molar-refractivity contribution in [3.8, 4) is 11.5 Å². The molecule has 0 fully saturated rings. The van der Waals surface area contributed by atoms with E-state index in [1.54, 1.807) is 18.6 Å². The topological polar surface area (TPSA) is 55.6 Å². The first-order valence-electron chi connectivity index (χ1n) is 4.87. The van der Waals surface area contributed by atoms with Gasteiger partial charge in [-0.2, -0.15) is 0 Å². The lowest BCUT2D eigenvalue weighted by Crippen LogP contribution is -2.02. The molecule has 2 aromatic heterocycles. The van der Waals surface area contributed by atoms with Crippen molar-refractivity contribution in [3.05, 3.63) is 24.8 Å². The van der Waals surface area contributed by atoms with Crippen LogP contribution in [-0.4, -0.2) is 26.6 Å². The summed E-state index contributed by atoms with van der Waals surface area (Å²) in [5, 5.41) is 3.01. The third-order valence-corrected chi connectivity index (χ3v) is 2.20. The van der Waals surface area contributed by atoms with E-state index >= 15 is 0 Å². The molecule has 0 radical (unpaired) electrons. The summed E-state index contributed by atoms with van der Waals surface area (Å²) in [5.41, 5.74) is 0.784. The van der Waals surface area contributed by atoms with Crippen LogP contribution in [-0.2, 0) is 6.54 Å². The molecular weight excluding hydrogens is 190 g/mol. The molecule has 5 heteroatoms. The highest BCUT2D eigenvalue weighted by Gasteiger charge is 2.11. The van der Waals surface area contributed by atoms with E-state index in [4.69, 9.17) is 0 Å². The zero-order valence-electron chi connectivity index (χ0n) is 8.81. The van der Waals surface area contributed by atoms with E-state index in [2.05, 4.69) is 27.2 Å². The highest BCUT2D eigenvalue weighted by atomic mass is 15.1. The number of rotatable bonds is 3. The van der Waals surface area contributed by atoms with Crippen LogP contribution in [0.2, 0.25) is 0 Å². The van der Waals surface area contributed by atoms with Gasteiger partial charge in [-0.05, 0) is 6.92 Å². The first-order valence-corrected chi connectivity index (χ1v) is 4.87. The Hall–Kier alpha value is -1.91. The third-order valence-electron chi connectivity index (χ3n) is 2.20. The second-order valence-corrected chi connectivity index (χ2v) is 3.04. The summed E-state index contributed by atoms with van der Waals surface area (Å²) in [5.74, 6) is 1.59. The van der Waals surface area contributed by atoms with Crippen LogP contribution in [0.4, 0.5) is 5.82 Å². The van der Waals surface area contributed by atoms with Gasteiger partial charge >= 0.3 is 0 Å². The van der Waals surface area contributed by atoms with Gasteiger partial charge in [0.15, 0.2) is 11.6 Å². The molecule has 1 N–H and O–H groups in total. The molecular formula is C10H13N5. The summed E-state index contributed by atoms with van der Waals surface area (Å²) in [6.45, 7) is 2.94. The lowest BCUT2D eigenvalue weighted by Gasteiger charge is -2.07. The van der Waals surface area contributed by atoms with Crippen molar-refractivity contribution in [2.45, 2.75) is 13.5 Å². The molecule has 0 unspecified atom stereocenters. The van der Waals surface area contributed by atoms with E-state index in [0.717, 1.165) is 23.9 Å². The van der Waals surface area contributed by atoms with Crippen molar-refractivity contribution in [2.24, 2.45) is 0 Å². The van der Waals surface area contributed by atoms with Crippen molar-refractivity contribution in [2.75, 3.05) is 12.4 Å². The van der Waals surface area contributed by atoms with E-state index in [1.165, 1.54) is 0 Å². The second kappa shape index (κ2) is 4.08. The molecule has 0 saturated carbocycles. The van der Waals surface area contributed by atoms with Crippen LogP contribution in [0.1, 0.15) is 6.92 Å². The Bertz CT molecular complexity index is 449. The maximum absolute atomic E-state index is 4.29. The summed E-state index contributed by atoms with van der Waals surface area (Å²) < 4.78 is 2.03. The minimum atomic E-state index is 0.749. The minimum Gasteiger partial charge on any atom is -0.371 e. The average Bonchev–Trinajstić information content (AvgIpc) is 2.76. The predicted molar refractivity (Wildman–Crippen MR) is 58.5 cm³/mol. The Balaban J connectivity index is 2.53. The van der Waals surface area contributed by atoms with Crippen molar-refractivity contribution >= 4 is 5.82 Å². The molecule has 0 atom stereocenters. The van der Waals surface area contributed by atoms with Crippen LogP contribution in [0, 0.1) is 0 Å². The van der Waals surface area contributed by atoms with Crippen LogP contribution < -0.4 is 5.32 Å². The number of nitrogens with zero attached hydrogens (tertiary/aromatic N) is 4. The Morgan fingerprint density at radius 1 is 1.20 bits per heavy atom. The van der Waals surface area contributed by atoms with Crippen molar-refractivity contribution < 1.29 is 0 Å². The fourth-order valence-corrected chi connectivity index (χ4v) is 1.47. The molecule has 0 aliphatic rings. The molecule has 2 aromatic rings. The molecule has 78 valence electrons. The lowest BCUT2D eigenvalue weighted by atomic mass is 10.3. The molecule has 2 heterocycles. The number of aromatic nitrogens is 4. The maximum atomic E-state index is 4.29. The van der Waals surface area contributed by atoms with Crippen LogP contribution in [0.5, 0.6) is 0 Å². The number of hydrogen-bond acceptors (Lipinski definition) is 4. The predicted octanol–water partition coefficient (Wildman–Crippen LogP) is 1.40. The zero-order valence-corrected chi connectivity index (χ0v) is 8.81. The zero-order chi connectivity index (χ0) is 10.7. The monoisotopic (exact) mass is 203 g/mol. The molecule has 0 amide bonds. The number of aryl methyl sites for hydroxylation is 1. The van der Waals surface area contributed by atoms with E-state index < -0.39 is 0 Å². The van der Waals surface area contributed by atoms with Crippen molar-refractivity contribution in [3.63, 3.8) is 0 Å².